The monoisotopic (exact) mass is 1490 g/mol. The number of rotatable bonds is 26. The van der Waals surface area contributed by atoms with E-state index in [1.165, 1.54) is 75.6 Å². The van der Waals surface area contributed by atoms with Crippen LogP contribution in [0.5, 0.6) is 34.5 Å². The first-order valence-corrected chi connectivity index (χ1v) is 42.8. The number of benzene rings is 8. The maximum absolute atomic E-state index is 16.2. The van der Waals surface area contributed by atoms with E-state index in [1.54, 1.807) is 0 Å². The van der Waals surface area contributed by atoms with E-state index in [9.17, 15) is 10.2 Å². The zero-order valence-corrected chi connectivity index (χ0v) is 70.6. The molecule has 106 heavy (non-hydrogen) atoms. The van der Waals surface area contributed by atoms with E-state index in [1.807, 2.05) is 38.1 Å². The van der Waals surface area contributed by atoms with Crippen molar-refractivity contribution in [3.8, 4) is 68.1 Å². The molecule has 10 aromatic rings. The van der Waals surface area contributed by atoms with Crippen molar-refractivity contribution in [2.24, 2.45) is 0 Å². The molecule has 0 bridgehead atoms. The molecule has 2 aromatic heterocycles. The number of halogens is 2. The van der Waals surface area contributed by atoms with E-state index in [4.69, 9.17) is 18.9 Å². The van der Waals surface area contributed by atoms with Gasteiger partial charge >= 0.3 is 0 Å². The summed E-state index contributed by atoms with van der Waals surface area (Å²) in [5, 5.41) is 30.3. The Morgan fingerprint density at radius 2 is 0.698 bits per heavy atom. The Bertz CT molecular complexity index is 4170. The fraction of sp³-hybridized carbons (Fsp3) is 0.473. The first kappa shape index (κ1) is 84.7. The Morgan fingerprint density at radius 1 is 0.406 bits per heavy atom. The van der Waals surface area contributed by atoms with Crippen LogP contribution >= 0.6 is 0 Å². The number of phenols is 2. The molecule has 0 amide bonds. The summed E-state index contributed by atoms with van der Waals surface area (Å²) in [6.07, 6.45) is 16.2. The van der Waals surface area contributed by atoms with Crippen molar-refractivity contribution in [3.05, 3.63) is 173 Å². The summed E-state index contributed by atoms with van der Waals surface area (Å²) in [5.41, 5.74) is 11.3. The predicted molar refractivity (Wildman–Crippen MR) is 443 cm³/mol. The van der Waals surface area contributed by atoms with Crippen LogP contribution in [0.25, 0.3) is 77.2 Å². The number of aryl methyl sites for hydroxylation is 2. The Hall–Kier alpha value is -6.93. The van der Waals surface area contributed by atoms with E-state index in [0.29, 0.717) is 87.4 Å². The fourth-order valence-corrected chi connectivity index (χ4v) is 13.9. The average Bonchev–Trinajstić information content (AvgIpc) is 1.57. The van der Waals surface area contributed by atoms with Gasteiger partial charge in [-0.2, -0.15) is 0 Å². The van der Waals surface area contributed by atoms with Crippen LogP contribution in [0.1, 0.15) is 227 Å². The summed E-state index contributed by atoms with van der Waals surface area (Å²) >= 11 is 0. The van der Waals surface area contributed by atoms with Gasteiger partial charge in [0, 0.05) is 101 Å². The molecular weight excluding hydrogens is 1370 g/mol. The Kier molecular flexibility index (Phi) is 29.2. The van der Waals surface area contributed by atoms with Crippen LogP contribution in [0.15, 0.2) is 121 Å². The number of aromatic nitrogens is 2. The Morgan fingerprint density at radius 3 is 0.981 bits per heavy atom. The van der Waals surface area contributed by atoms with Crippen LogP contribution < -0.4 is 18.9 Å². The smallest absolute Gasteiger partial charge is 0.147 e. The third-order valence-electron chi connectivity index (χ3n) is 19.9. The standard InChI is InChI=1S/C85H104F2N2O6.C4H8O.C4H11Si.Sc/c1-17-19-21-23-25-27-38-92-62-50-68(78(90)76(52-62)88-72-44-56(82(5,6)7)30-34-64(72)65-35-31-57(45-73(65)88)83(8,9)10)70-48-60(86)42-54(3)80(70)94-40-29-41-95-81-55(4)43-61(87)49-71(81)69-51-63(93-39-28-26-24-22-20-18-2)53-77(79(69)91)89-74-46-58(84(11,12)13)32-36-66(74)67-37-33-59(47-75(67)89)85(14,15)16;1-2-4-5-3-1;1-5(2,3)4;/h30-37,42-53,90-91H,17-29,38-41H2,1-16H3;1-4H2;1H2,2-4H3;/q;;-1;/p+1. The number of hydrogen-bond donors (Lipinski definition) is 2. The van der Waals surface area contributed by atoms with Crippen LogP contribution in [0.2, 0.25) is 19.6 Å². The second-order valence-corrected chi connectivity index (χ2v) is 39.8. The van der Waals surface area contributed by atoms with E-state index in [2.05, 4.69) is 210 Å². The zero-order valence-electron chi connectivity index (χ0n) is 67.8. The largest absolute Gasteiger partial charge is 0.505 e. The van der Waals surface area contributed by atoms with Crippen LogP contribution in [-0.4, -0.2) is 71.8 Å². The van der Waals surface area contributed by atoms with Crippen LogP contribution in [0, 0.1) is 32.0 Å². The number of nitrogens with zero attached hydrogens (tertiary/aromatic N) is 2. The molecule has 13 heteroatoms. The minimum atomic E-state index is -0.861. The maximum atomic E-state index is 16.2. The van der Waals surface area contributed by atoms with E-state index in [0.717, 1.165) is 118 Å². The molecule has 569 valence electrons. The molecule has 0 atom stereocenters. The zero-order chi connectivity index (χ0) is 76.3. The molecule has 0 spiro atoms. The van der Waals surface area contributed by atoms with E-state index in [-0.39, 0.29) is 72.2 Å². The van der Waals surface area contributed by atoms with Crippen molar-refractivity contribution >= 4 is 51.7 Å². The summed E-state index contributed by atoms with van der Waals surface area (Å²) in [4.78, 5) is 0. The number of ether oxygens (including phenoxy) is 5. The molecule has 1 saturated heterocycles. The van der Waals surface area contributed by atoms with Gasteiger partial charge in [-0.25, -0.2) is 8.78 Å². The average molecular weight is 1490 g/mol. The SMILES string of the molecule is C1CC[OH+]C1.CCCCCCCCOc1cc(-c2cc(F)cc(C)c2OCCCOc2c(C)cc(F)cc2-c2cc(OCCCCCCCC)cc(-n3c4cc(C(C)(C)C)ccc4c4ccc(C(C)(C)C)cc43)c2O)c(O)c(-n2c3cc(C(C)(C)C)ccc3c3ccc(C(C)(C)C)cc32)c1.[CH2-][Si](C)(C)C.[Sc]. The summed E-state index contributed by atoms with van der Waals surface area (Å²) in [6.45, 7) is 48.6. The first-order valence-electron chi connectivity index (χ1n) is 39.1. The molecule has 3 heterocycles. The number of unbranched alkanes of at least 4 members (excludes halogenated alkanes) is 10. The molecule has 3 N–H and O–H groups in total. The molecule has 1 aliphatic heterocycles. The van der Waals surface area contributed by atoms with Gasteiger partial charge in [0.2, 0.25) is 0 Å². The van der Waals surface area contributed by atoms with Gasteiger partial charge in [-0.1, -0.05) is 229 Å². The van der Waals surface area contributed by atoms with Gasteiger partial charge < -0.3 is 49.6 Å². The van der Waals surface area contributed by atoms with Crippen LogP contribution in [-0.2, 0) is 47.5 Å². The van der Waals surface area contributed by atoms with Gasteiger partial charge in [0.25, 0.3) is 0 Å². The molecule has 0 saturated carbocycles. The van der Waals surface area contributed by atoms with Crippen molar-refractivity contribution < 1.29 is 68.5 Å². The normalized spacial score (nSPS) is 12.9. The van der Waals surface area contributed by atoms with Crippen molar-refractivity contribution in [2.45, 2.75) is 248 Å². The molecule has 8 aromatic carbocycles. The van der Waals surface area contributed by atoms with Gasteiger partial charge in [0.05, 0.1) is 59.9 Å². The van der Waals surface area contributed by atoms with Gasteiger partial charge in [-0.05, 0) is 142 Å². The van der Waals surface area contributed by atoms with Crippen molar-refractivity contribution in [1.82, 2.24) is 9.13 Å². The molecule has 9 nitrogen and oxygen atoms in total. The van der Waals surface area contributed by atoms with Crippen LogP contribution in [0.3, 0.4) is 0 Å². The second kappa shape index (κ2) is 36.5. The van der Waals surface area contributed by atoms with Crippen molar-refractivity contribution in [2.75, 3.05) is 39.6 Å². The number of hydrogen-bond acceptors (Lipinski definition) is 6. The minimum absolute atomic E-state index is 0. The maximum Gasteiger partial charge on any atom is 0.147 e. The predicted octanol–water partition coefficient (Wildman–Crippen LogP) is 26.0. The van der Waals surface area contributed by atoms with Crippen LogP contribution in [0.4, 0.5) is 8.78 Å². The van der Waals surface area contributed by atoms with Gasteiger partial charge in [-0.3, -0.25) is 0 Å². The Balaban J connectivity index is 0.00000120. The molecule has 1 aliphatic rings. The number of aliphatic hydroxyl groups is 2. The van der Waals surface area contributed by atoms with E-state index < -0.39 is 19.7 Å². The molecule has 11 rings (SSSR count). The fourth-order valence-electron chi connectivity index (χ4n) is 13.9. The third-order valence-corrected chi connectivity index (χ3v) is 19.9. The van der Waals surface area contributed by atoms with Gasteiger partial charge in [0.1, 0.15) is 59.3 Å². The number of aromatic hydroxyl groups is 2. The van der Waals surface area contributed by atoms with Gasteiger partial charge in [0.15, 0.2) is 0 Å². The summed E-state index contributed by atoms with van der Waals surface area (Å²) in [6, 6.07) is 39.7. The number of phenolic OH excluding ortho intramolecular Hbond substituents is 2. The molecule has 0 unspecified atom stereocenters. The molecular formula is C93H124F2N2O7ScSi. The second-order valence-electron chi connectivity index (χ2n) is 34.7. The molecule has 1 radical (unpaired) electrons. The molecule has 0 aliphatic carbocycles. The van der Waals surface area contributed by atoms with Gasteiger partial charge in [-0.15, -0.1) is 8.07 Å². The topological polar surface area (TPSA) is 100 Å². The number of fused-ring (bicyclic) bond motifs is 6. The van der Waals surface area contributed by atoms with Crippen molar-refractivity contribution in [1.29, 1.82) is 0 Å². The van der Waals surface area contributed by atoms with E-state index >= 15 is 8.78 Å². The van der Waals surface area contributed by atoms with Crippen molar-refractivity contribution in [3.63, 3.8) is 0 Å². The quantitative estimate of drug-likeness (QED) is 0.0242. The first-order chi connectivity index (χ1) is 49.6. The third kappa shape index (κ3) is 21.5. The summed E-state index contributed by atoms with van der Waals surface area (Å²) < 4.78 is 67.6. The summed E-state index contributed by atoms with van der Waals surface area (Å²) in [5.74, 6) is 0.900. The molecule has 1 fully saturated rings. The summed E-state index contributed by atoms with van der Waals surface area (Å²) in [7, 11) is -0.861. The minimum Gasteiger partial charge on any atom is -0.505 e. The Labute approximate surface area is 653 Å².